The SMILES string of the molecule is CCC[C@H](NC(=O)c1ccc2c(c1)NC(=O)CO2)C1CCCCC1. The lowest BCUT2D eigenvalue weighted by Gasteiger charge is -2.31. The molecule has 0 saturated heterocycles. The molecule has 1 aliphatic carbocycles. The van der Waals surface area contributed by atoms with Crippen molar-refractivity contribution in [2.45, 2.75) is 57.9 Å². The topological polar surface area (TPSA) is 67.4 Å². The number of nitrogens with one attached hydrogen (secondary N) is 2. The maximum Gasteiger partial charge on any atom is 0.262 e. The Morgan fingerprint density at radius 2 is 2.12 bits per heavy atom. The second kappa shape index (κ2) is 7.69. The molecule has 1 aliphatic heterocycles. The summed E-state index contributed by atoms with van der Waals surface area (Å²) in [7, 11) is 0. The van der Waals surface area contributed by atoms with Gasteiger partial charge in [0.15, 0.2) is 6.61 Å². The summed E-state index contributed by atoms with van der Waals surface area (Å²) in [5.74, 6) is 0.944. The van der Waals surface area contributed by atoms with Gasteiger partial charge in [-0.3, -0.25) is 9.59 Å². The highest BCUT2D eigenvalue weighted by Crippen LogP contribution is 2.30. The van der Waals surface area contributed by atoms with Gasteiger partial charge in [-0.15, -0.1) is 0 Å². The van der Waals surface area contributed by atoms with Gasteiger partial charge in [0.1, 0.15) is 5.75 Å². The zero-order valence-corrected chi connectivity index (χ0v) is 14.3. The summed E-state index contributed by atoms with van der Waals surface area (Å²) in [6, 6.07) is 5.45. The number of carbonyl (C=O) groups is 2. The number of hydrogen-bond acceptors (Lipinski definition) is 3. The normalized spacial score (nSPS) is 19.0. The van der Waals surface area contributed by atoms with Crippen molar-refractivity contribution in [3.8, 4) is 5.75 Å². The van der Waals surface area contributed by atoms with Crippen molar-refractivity contribution in [2.75, 3.05) is 11.9 Å². The third-order valence-corrected chi connectivity index (χ3v) is 5.01. The van der Waals surface area contributed by atoms with Crippen molar-refractivity contribution in [3.05, 3.63) is 23.8 Å². The highest BCUT2D eigenvalue weighted by Gasteiger charge is 2.25. The number of hydrogen-bond donors (Lipinski definition) is 2. The molecule has 2 N–H and O–H groups in total. The summed E-state index contributed by atoms with van der Waals surface area (Å²) >= 11 is 0. The molecular formula is C19H26N2O3. The van der Waals surface area contributed by atoms with Crippen molar-refractivity contribution in [1.82, 2.24) is 5.32 Å². The number of benzene rings is 1. The highest BCUT2D eigenvalue weighted by molar-refractivity contribution is 5.99. The van der Waals surface area contributed by atoms with E-state index in [-0.39, 0.29) is 24.5 Å². The summed E-state index contributed by atoms with van der Waals surface area (Å²) in [5, 5.41) is 5.98. The molecule has 0 radical (unpaired) electrons. The molecule has 5 nitrogen and oxygen atoms in total. The molecule has 1 aromatic rings. The fraction of sp³-hybridized carbons (Fsp3) is 0.579. The molecule has 24 heavy (non-hydrogen) atoms. The first-order chi connectivity index (χ1) is 11.7. The maximum absolute atomic E-state index is 12.7. The van der Waals surface area contributed by atoms with Crippen molar-refractivity contribution in [3.63, 3.8) is 0 Å². The number of fused-ring (bicyclic) bond motifs is 1. The Morgan fingerprint density at radius 1 is 1.33 bits per heavy atom. The van der Waals surface area contributed by atoms with Crippen LogP contribution in [0.1, 0.15) is 62.2 Å². The minimum Gasteiger partial charge on any atom is -0.482 e. The minimum absolute atomic E-state index is 0.0266. The third kappa shape index (κ3) is 3.89. The van der Waals surface area contributed by atoms with E-state index in [0.717, 1.165) is 12.8 Å². The molecule has 1 heterocycles. The lowest BCUT2D eigenvalue weighted by atomic mass is 9.82. The van der Waals surface area contributed by atoms with Gasteiger partial charge < -0.3 is 15.4 Å². The van der Waals surface area contributed by atoms with Gasteiger partial charge in [0.05, 0.1) is 5.69 Å². The van der Waals surface area contributed by atoms with Gasteiger partial charge in [0.25, 0.3) is 11.8 Å². The minimum atomic E-state index is -0.189. The van der Waals surface area contributed by atoms with Gasteiger partial charge in [-0.05, 0) is 43.4 Å². The van der Waals surface area contributed by atoms with Crippen LogP contribution in [0.3, 0.4) is 0 Å². The van der Waals surface area contributed by atoms with Crippen LogP contribution in [0.2, 0.25) is 0 Å². The molecule has 0 spiro atoms. The molecule has 5 heteroatoms. The highest BCUT2D eigenvalue weighted by atomic mass is 16.5. The molecule has 0 unspecified atom stereocenters. The average molecular weight is 330 g/mol. The quantitative estimate of drug-likeness (QED) is 0.868. The smallest absolute Gasteiger partial charge is 0.262 e. The van der Waals surface area contributed by atoms with Crippen LogP contribution in [0.5, 0.6) is 5.75 Å². The molecule has 2 amide bonds. The van der Waals surface area contributed by atoms with E-state index in [2.05, 4.69) is 17.6 Å². The first-order valence-corrected chi connectivity index (χ1v) is 9.05. The Morgan fingerprint density at radius 3 is 2.88 bits per heavy atom. The van der Waals surface area contributed by atoms with Crippen molar-refractivity contribution < 1.29 is 14.3 Å². The zero-order chi connectivity index (χ0) is 16.9. The largest absolute Gasteiger partial charge is 0.482 e. The number of amides is 2. The van der Waals surface area contributed by atoms with E-state index in [1.807, 2.05) is 0 Å². The maximum atomic E-state index is 12.7. The molecule has 0 bridgehead atoms. The van der Waals surface area contributed by atoms with E-state index >= 15 is 0 Å². The summed E-state index contributed by atoms with van der Waals surface area (Å²) in [5.41, 5.74) is 1.14. The van der Waals surface area contributed by atoms with Gasteiger partial charge >= 0.3 is 0 Å². The summed E-state index contributed by atoms with van der Waals surface area (Å²) in [6.45, 7) is 2.19. The second-order valence-corrected chi connectivity index (χ2v) is 6.81. The second-order valence-electron chi connectivity index (χ2n) is 6.81. The van der Waals surface area contributed by atoms with Crippen molar-refractivity contribution >= 4 is 17.5 Å². The van der Waals surface area contributed by atoms with Crippen LogP contribution in [0.25, 0.3) is 0 Å². The van der Waals surface area contributed by atoms with E-state index in [0.29, 0.717) is 22.9 Å². The summed E-state index contributed by atoms with van der Waals surface area (Å²) < 4.78 is 5.34. The fourth-order valence-corrected chi connectivity index (χ4v) is 3.75. The third-order valence-electron chi connectivity index (χ3n) is 5.01. The molecule has 0 aromatic heterocycles. The first kappa shape index (κ1) is 16.8. The lowest BCUT2D eigenvalue weighted by Crippen LogP contribution is -2.41. The predicted molar refractivity (Wildman–Crippen MR) is 93.3 cm³/mol. The van der Waals surface area contributed by atoms with Gasteiger partial charge in [-0.1, -0.05) is 32.6 Å². The Kier molecular flexibility index (Phi) is 5.38. The Hall–Kier alpha value is -2.04. The summed E-state index contributed by atoms with van der Waals surface area (Å²) in [4.78, 5) is 24.1. The van der Waals surface area contributed by atoms with E-state index in [1.54, 1.807) is 18.2 Å². The van der Waals surface area contributed by atoms with Crippen LogP contribution in [-0.2, 0) is 4.79 Å². The summed E-state index contributed by atoms with van der Waals surface area (Å²) in [6.07, 6.45) is 8.34. The Labute approximate surface area is 143 Å². The molecule has 1 saturated carbocycles. The van der Waals surface area contributed by atoms with E-state index in [1.165, 1.54) is 32.1 Å². The number of ether oxygens (including phenoxy) is 1. The predicted octanol–water partition coefficient (Wildman–Crippen LogP) is 3.50. The standard InChI is InChI=1S/C19H26N2O3/c1-2-6-15(13-7-4-3-5-8-13)21-19(23)14-9-10-17-16(11-14)20-18(22)12-24-17/h9-11,13,15H,2-8,12H2,1H3,(H,20,22)(H,21,23)/t15-/m0/s1. The van der Waals surface area contributed by atoms with E-state index in [9.17, 15) is 9.59 Å². The lowest BCUT2D eigenvalue weighted by molar-refractivity contribution is -0.118. The van der Waals surface area contributed by atoms with Gasteiger partial charge in [0, 0.05) is 11.6 Å². The molecular weight excluding hydrogens is 304 g/mol. The fourth-order valence-electron chi connectivity index (χ4n) is 3.75. The van der Waals surface area contributed by atoms with Crippen LogP contribution < -0.4 is 15.4 Å². The first-order valence-electron chi connectivity index (χ1n) is 9.05. The number of rotatable bonds is 5. The molecule has 1 atom stereocenters. The zero-order valence-electron chi connectivity index (χ0n) is 14.3. The average Bonchev–Trinajstić information content (AvgIpc) is 2.61. The monoisotopic (exact) mass is 330 g/mol. The molecule has 130 valence electrons. The van der Waals surface area contributed by atoms with Gasteiger partial charge in [0.2, 0.25) is 0 Å². The van der Waals surface area contributed by atoms with Crippen LogP contribution in [-0.4, -0.2) is 24.5 Å². The Balaban J connectivity index is 1.70. The molecule has 1 aromatic carbocycles. The van der Waals surface area contributed by atoms with Gasteiger partial charge in [-0.2, -0.15) is 0 Å². The van der Waals surface area contributed by atoms with Gasteiger partial charge in [-0.25, -0.2) is 0 Å². The molecule has 2 aliphatic rings. The van der Waals surface area contributed by atoms with Crippen molar-refractivity contribution in [1.29, 1.82) is 0 Å². The number of carbonyl (C=O) groups excluding carboxylic acids is 2. The van der Waals surface area contributed by atoms with Crippen LogP contribution in [0.4, 0.5) is 5.69 Å². The Bertz CT molecular complexity index is 609. The van der Waals surface area contributed by atoms with E-state index < -0.39 is 0 Å². The molecule has 3 rings (SSSR count). The van der Waals surface area contributed by atoms with Crippen LogP contribution >= 0.6 is 0 Å². The number of anilines is 1. The van der Waals surface area contributed by atoms with E-state index in [4.69, 9.17) is 4.74 Å². The van der Waals surface area contributed by atoms with Crippen molar-refractivity contribution in [2.24, 2.45) is 5.92 Å². The molecule has 1 fully saturated rings. The van der Waals surface area contributed by atoms with Crippen LogP contribution in [0.15, 0.2) is 18.2 Å². The van der Waals surface area contributed by atoms with Crippen LogP contribution in [0, 0.1) is 5.92 Å².